The van der Waals surface area contributed by atoms with Crippen molar-refractivity contribution in [2.75, 3.05) is 11.5 Å². The van der Waals surface area contributed by atoms with Crippen molar-refractivity contribution in [2.24, 2.45) is 0 Å². The van der Waals surface area contributed by atoms with Gasteiger partial charge in [-0.3, -0.25) is 0 Å². The van der Waals surface area contributed by atoms with E-state index in [1.165, 1.54) is 0 Å². The molecule has 8 heteroatoms. The molecule has 0 spiro atoms. The molecule has 0 unspecified atom stereocenters. The summed E-state index contributed by atoms with van der Waals surface area (Å²) < 4.78 is 27.1. The molecule has 0 radical (unpaired) electrons. The quantitative estimate of drug-likeness (QED) is 0.868. The monoisotopic (exact) mass is 370 g/mol. The molecule has 2 aromatic rings. The number of aryl methyl sites for hydroxylation is 1. The molecule has 0 bridgehead atoms. The van der Waals surface area contributed by atoms with Crippen LogP contribution in [0.2, 0.25) is 0 Å². The van der Waals surface area contributed by atoms with E-state index in [1.807, 2.05) is 0 Å². The first kappa shape index (κ1) is 14.5. The molecule has 3 rings (SSSR count). The van der Waals surface area contributed by atoms with E-state index < -0.39 is 9.84 Å². The van der Waals surface area contributed by atoms with Gasteiger partial charge in [0.15, 0.2) is 15.7 Å². The first-order valence-corrected chi connectivity index (χ1v) is 9.09. The second-order valence-corrected chi connectivity index (χ2v) is 8.15. The summed E-state index contributed by atoms with van der Waals surface area (Å²) in [5.74, 6) is 0.783. The number of benzene rings is 1. The molecular weight excluding hydrogens is 356 g/mol. The van der Waals surface area contributed by atoms with Crippen LogP contribution in [-0.4, -0.2) is 29.2 Å². The van der Waals surface area contributed by atoms with Crippen LogP contribution in [0, 0.1) is 0 Å². The molecule has 0 amide bonds. The predicted molar refractivity (Wildman–Crippen MR) is 82.6 cm³/mol. The molecule has 2 N–H and O–H groups in total. The van der Waals surface area contributed by atoms with Crippen molar-refractivity contribution in [1.82, 2.24) is 15.0 Å². The number of sulfone groups is 1. The van der Waals surface area contributed by atoms with Gasteiger partial charge in [-0.05, 0) is 37.1 Å². The fourth-order valence-corrected chi connectivity index (χ4v) is 3.71. The van der Waals surface area contributed by atoms with Crippen LogP contribution in [0.3, 0.4) is 0 Å². The van der Waals surface area contributed by atoms with Crippen LogP contribution in [-0.2, 0) is 16.4 Å². The highest BCUT2D eigenvalue weighted by Gasteiger charge is 2.31. The van der Waals surface area contributed by atoms with Gasteiger partial charge >= 0.3 is 0 Å². The van der Waals surface area contributed by atoms with E-state index in [-0.39, 0.29) is 12.3 Å². The van der Waals surface area contributed by atoms with Crippen molar-refractivity contribution in [3.8, 4) is 0 Å². The summed E-state index contributed by atoms with van der Waals surface area (Å²) in [5.41, 5.74) is 6.68. The van der Waals surface area contributed by atoms with Crippen LogP contribution < -0.4 is 5.73 Å². The Morgan fingerprint density at radius 1 is 1.29 bits per heavy atom. The van der Waals surface area contributed by atoms with Crippen LogP contribution in [0.5, 0.6) is 0 Å². The van der Waals surface area contributed by atoms with Gasteiger partial charge in [0, 0.05) is 10.4 Å². The molecule has 6 nitrogen and oxygen atoms in total. The molecule has 0 atom stereocenters. The molecule has 1 aromatic carbocycles. The van der Waals surface area contributed by atoms with E-state index in [1.54, 1.807) is 28.9 Å². The third-order valence-corrected chi connectivity index (χ3v) is 5.75. The third kappa shape index (κ3) is 3.11. The predicted octanol–water partition coefficient (Wildman–Crippen LogP) is 1.97. The molecule has 1 aliphatic rings. The maximum Gasteiger partial charge on any atom is 0.180 e. The SMILES string of the molecule is Nc1nnn(CCS(=O)(=O)c2ccc(Br)cc2)c1C1CC1. The van der Waals surface area contributed by atoms with Crippen molar-refractivity contribution >= 4 is 31.6 Å². The first-order valence-electron chi connectivity index (χ1n) is 6.64. The number of halogens is 1. The minimum Gasteiger partial charge on any atom is -0.381 e. The van der Waals surface area contributed by atoms with Crippen LogP contribution in [0.4, 0.5) is 5.82 Å². The van der Waals surface area contributed by atoms with E-state index in [0.29, 0.717) is 16.6 Å². The highest BCUT2D eigenvalue weighted by Crippen LogP contribution is 2.41. The largest absolute Gasteiger partial charge is 0.381 e. The van der Waals surface area contributed by atoms with E-state index in [2.05, 4.69) is 26.2 Å². The summed E-state index contributed by atoms with van der Waals surface area (Å²) in [6.07, 6.45) is 2.13. The van der Waals surface area contributed by atoms with E-state index in [9.17, 15) is 8.42 Å². The number of aromatic nitrogens is 3. The number of hydrogen-bond donors (Lipinski definition) is 1. The molecular formula is C13H15BrN4O2S. The Morgan fingerprint density at radius 2 is 1.95 bits per heavy atom. The van der Waals surface area contributed by atoms with Crippen molar-refractivity contribution in [3.63, 3.8) is 0 Å². The zero-order valence-electron chi connectivity index (χ0n) is 11.2. The lowest BCUT2D eigenvalue weighted by molar-refractivity contribution is 0.565. The Morgan fingerprint density at radius 3 is 2.57 bits per heavy atom. The average Bonchev–Trinajstić information content (AvgIpc) is 3.21. The minimum atomic E-state index is -3.34. The lowest BCUT2D eigenvalue weighted by Crippen LogP contribution is -2.16. The highest BCUT2D eigenvalue weighted by atomic mass is 79.9. The molecule has 0 saturated heterocycles. The van der Waals surface area contributed by atoms with E-state index >= 15 is 0 Å². The van der Waals surface area contributed by atoms with Gasteiger partial charge in [0.2, 0.25) is 0 Å². The van der Waals surface area contributed by atoms with Crippen molar-refractivity contribution in [2.45, 2.75) is 30.2 Å². The van der Waals surface area contributed by atoms with Crippen LogP contribution >= 0.6 is 15.9 Å². The maximum atomic E-state index is 12.3. The number of hydrogen-bond acceptors (Lipinski definition) is 5. The fraction of sp³-hybridized carbons (Fsp3) is 0.385. The molecule has 112 valence electrons. The summed E-state index contributed by atoms with van der Waals surface area (Å²) in [6.45, 7) is 0.272. The second-order valence-electron chi connectivity index (χ2n) is 5.13. The number of rotatable bonds is 5. The summed E-state index contributed by atoms with van der Waals surface area (Å²) >= 11 is 3.29. The van der Waals surface area contributed by atoms with Gasteiger partial charge in [-0.25, -0.2) is 13.1 Å². The summed E-state index contributed by atoms with van der Waals surface area (Å²) in [6, 6.07) is 6.62. The van der Waals surface area contributed by atoms with Crippen LogP contribution in [0.25, 0.3) is 0 Å². The topological polar surface area (TPSA) is 90.9 Å². The Balaban J connectivity index is 1.76. The molecule has 21 heavy (non-hydrogen) atoms. The number of nitrogens with two attached hydrogens (primary N) is 1. The van der Waals surface area contributed by atoms with Gasteiger partial charge in [0.1, 0.15) is 0 Å². The normalized spacial score (nSPS) is 15.3. The van der Waals surface area contributed by atoms with Gasteiger partial charge in [0.25, 0.3) is 0 Å². The van der Waals surface area contributed by atoms with Gasteiger partial charge in [-0.2, -0.15) is 0 Å². The molecule has 1 aliphatic carbocycles. The summed E-state index contributed by atoms with van der Waals surface area (Å²) in [7, 11) is -3.34. The maximum absolute atomic E-state index is 12.3. The standard InChI is InChI=1S/C13H15BrN4O2S/c14-10-3-5-11(6-4-10)21(19,20)8-7-18-12(9-1-2-9)13(15)16-17-18/h3-6,9H,1-2,7-8,15H2. The Kier molecular flexibility index (Phi) is 3.75. The third-order valence-electron chi connectivity index (χ3n) is 3.51. The second kappa shape index (κ2) is 5.42. The fourth-order valence-electron chi connectivity index (χ4n) is 2.24. The lowest BCUT2D eigenvalue weighted by atomic mass is 10.3. The smallest absolute Gasteiger partial charge is 0.180 e. The Hall–Kier alpha value is -1.41. The molecule has 1 saturated carbocycles. The molecule has 0 aliphatic heterocycles. The molecule has 1 heterocycles. The van der Waals surface area contributed by atoms with Crippen LogP contribution in [0.15, 0.2) is 33.6 Å². The van der Waals surface area contributed by atoms with Gasteiger partial charge in [0.05, 0.1) is 22.9 Å². The Labute approximate surface area is 131 Å². The highest BCUT2D eigenvalue weighted by molar-refractivity contribution is 9.10. The zero-order chi connectivity index (χ0) is 15.0. The van der Waals surface area contributed by atoms with E-state index in [0.717, 1.165) is 23.0 Å². The first-order chi connectivity index (χ1) is 9.97. The average molecular weight is 371 g/mol. The summed E-state index contributed by atoms with van der Waals surface area (Å²) in [5, 5.41) is 7.81. The number of nitrogens with zero attached hydrogens (tertiary/aromatic N) is 3. The van der Waals surface area contributed by atoms with Crippen molar-refractivity contribution in [3.05, 3.63) is 34.4 Å². The minimum absolute atomic E-state index is 0.0167. The lowest BCUT2D eigenvalue weighted by Gasteiger charge is -2.07. The Bertz CT molecular complexity index is 751. The van der Waals surface area contributed by atoms with E-state index in [4.69, 9.17) is 5.73 Å². The molecule has 1 fully saturated rings. The van der Waals surface area contributed by atoms with Gasteiger partial charge in [-0.15, -0.1) is 5.10 Å². The number of nitrogen functional groups attached to an aromatic ring is 1. The van der Waals surface area contributed by atoms with Crippen molar-refractivity contribution < 1.29 is 8.42 Å². The summed E-state index contributed by atoms with van der Waals surface area (Å²) in [4.78, 5) is 0.312. The van der Waals surface area contributed by atoms with Gasteiger partial charge < -0.3 is 5.73 Å². The zero-order valence-corrected chi connectivity index (χ0v) is 13.6. The van der Waals surface area contributed by atoms with Gasteiger partial charge in [-0.1, -0.05) is 21.1 Å². The van der Waals surface area contributed by atoms with Crippen molar-refractivity contribution in [1.29, 1.82) is 0 Å². The van der Waals surface area contributed by atoms with Crippen LogP contribution in [0.1, 0.15) is 24.5 Å². The number of anilines is 1. The molecule has 1 aromatic heterocycles.